The van der Waals surface area contributed by atoms with Crippen LogP contribution in [0.3, 0.4) is 0 Å². The normalized spacial score (nSPS) is 48.3. The van der Waals surface area contributed by atoms with Gasteiger partial charge in [0.15, 0.2) is 6.29 Å². The predicted molar refractivity (Wildman–Crippen MR) is 178 cm³/mol. The van der Waals surface area contributed by atoms with Crippen molar-refractivity contribution in [3.63, 3.8) is 0 Å². The third kappa shape index (κ3) is 5.45. The average molecular weight is 695 g/mol. The number of hydrogen-bond acceptors (Lipinski definition) is 10. The molecule has 5 aliphatic carbocycles. The minimum atomic E-state index is -1.52. The van der Waals surface area contributed by atoms with Crippen LogP contribution < -0.4 is 0 Å². The van der Waals surface area contributed by atoms with E-state index in [0.29, 0.717) is 19.3 Å². The molecule has 6 fully saturated rings. The molecule has 1 aliphatic heterocycles. The van der Waals surface area contributed by atoms with Crippen molar-refractivity contribution in [2.24, 2.45) is 50.7 Å². The lowest BCUT2D eigenvalue weighted by Gasteiger charge is -2.63. The van der Waals surface area contributed by atoms with E-state index in [4.69, 9.17) is 14.2 Å². The zero-order chi connectivity index (χ0) is 36.1. The van der Waals surface area contributed by atoms with Gasteiger partial charge in [0, 0.05) is 6.92 Å². The number of ether oxygens (including phenoxy) is 3. The Labute approximate surface area is 291 Å². The van der Waals surface area contributed by atoms with E-state index in [0.717, 1.165) is 51.4 Å². The van der Waals surface area contributed by atoms with Crippen molar-refractivity contribution in [2.75, 3.05) is 6.61 Å². The van der Waals surface area contributed by atoms with Crippen LogP contribution in [0, 0.1) is 50.7 Å². The van der Waals surface area contributed by atoms with Crippen LogP contribution in [-0.4, -0.2) is 97.7 Å². The molecule has 6 aliphatic rings. The van der Waals surface area contributed by atoms with Gasteiger partial charge in [-0.1, -0.05) is 27.7 Å². The number of carbonyl (C=O) groups excluding carboxylic acids is 1. The maximum atomic E-state index is 13.7. The second-order valence-corrected chi connectivity index (χ2v) is 18.5. The van der Waals surface area contributed by atoms with E-state index in [9.17, 15) is 40.2 Å². The van der Waals surface area contributed by atoms with E-state index in [1.54, 1.807) is 13.8 Å². The Morgan fingerprint density at radius 2 is 1.55 bits per heavy atom. The fourth-order valence-electron chi connectivity index (χ4n) is 13.1. The Bertz CT molecular complexity index is 1280. The first kappa shape index (κ1) is 37.4. The fourth-order valence-corrected chi connectivity index (χ4v) is 13.1. The van der Waals surface area contributed by atoms with Gasteiger partial charge >= 0.3 is 11.9 Å². The molecular formula is C38H62O11. The third-order valence-electron chi connectivity index (χ3n) is 15.7. The number of rotatable bonds is 10. The lowest BCUT2D eigenvalue weighted by atomic mass is 9.41. The van der Waals surface area contributed by atoms with Gasteiger partial charge in [-0.25, -0.2) is 0 Å². The zero-order valence-electron chi connectivity index (χ0n) is 30.6. The highest BCUT2D eigenvalue weighted by molar-refractivity contribution is 5.78. The molecule has 0 bridgehead atoms. The first-order valence-corrected chi connectivity index (χ1v) is 18.8. The molecule has 5 saturated carbocycles. The first-order valence-electron chi connectivity index (χ1n) is 18.8. The number of carboxylic acids is 1. The van der Waals surface area contributed by atoms with Crippen molar-refractivity contribution in [3.05, 3.63) is 0 Å². The van der Waals surface area contributed by atoms with Crippen molar-refractivity contribution in [3.8, 4) is 0 Å². The zero-order valence-corrected chi connectivity index (χ0v) is 30.6. The number of fused-ring (bicyclic) bond motifs is 2. The highest BCUT2D eigenvalue weighted by Gasteiger charge is 2.84. The Balaban J connectivity index is 1.20. The van der Waals surface area contributed by atoms with Gasteiger partial charge in [0.2, 0.25) is 0 Å². The summed E-state index contributed by atoms with van der Waals surface area (Å²) in [5, 5.41) is 64.0. The van der Waals surface area contributed by atoms with E-state index < -0.39 is 59.8 Å². The molecule has 1 saturated heterocycles. The van der Waals surface area contributed by atoms with Gasteiger partial charge in [0.05, 0.1) is 23.2 Å². The summed E-state index contributed by atoms with van der Waals surface area (Å²) < 4.78 is 17.4. The molecule has 0 aromatic heterocycles. The van der Waals surface area contributed by atoms with Gasteiger partial charge in [0.25, 0.3) is 0 Å². The van der Waals surface area contributed by atoms with Crippen molar-refractivity contribution < 1.29 is 54.4 Å². The predicted octanol–water partition coefficient (Wildman–Crippen LogP) is 3.79. The summed E-state index contributed by atoms with van der Waals surface area (Å²) in [7, 11) is 0. The van der Waals surface area contributed by atoms with E-state index in [2.05, 4.69) is 27.7 Å². The summed E-state index contributed by atoms with van der Waals surface area (Å²) >= 11 is 0. The molecule has 0 amide bonds. The van der Waals surface area contributed by atoms with E-state index in [-0.39, 0.29) is 58.0 Å². The fraction of sp³-hybridized carbons (Fsp3) is 0.947. The van der Waals surface area contributed by atoms with Crippen LogP contribution in [0.5, 0.6) is 0 Å². The lowest BCUT2D eigenvalue weighted by molar-refractivity contribution is -0.326. The third-order valence-corrected chi connectivity index (χ3v) is 15.7. The molecule has 0 aromatic rings. The van der Waals surface area contributed by atoms with E-state index in [1.807, 2.05) is 0 Å². The smallest absolute Gasteiger partial charge is 0.310 e. The van der Waals surface area contributed by atoms with Gasteiger partial charge in [-0.3, -0.25) is 9.59 Å². The van der Waals surface area contributed by atoms with Crippen LogP contribution in [0.1, 0.15) is 119 Å². The quantitative estimate of drug-likeness (QED) is 0.145. The number of aliphatic carboxylic acids is 1. The number of carboxylic acid groups (broad SMARTS) is 1. The van der Waals surface area contributed by atoms with Crippen molar-refractivity contribution in [1.82, 2.24) is 0 Å². The highest BCUT2D eigenvalue weighted by atomic mass is 16.7. The van der Waals surface area contributed by atoms with Crippen LogP contribution in [-0.2, 0) is 23.8 Å². The molecule has 3 unspecified atom stereocenters. The van der Waals surface area contributed by atoms with Crippen LogP contribution in [0.25, 0.3) is 0 Å². The Hall–Kier alpha value is -1.34. The van der Waals surface area contributed by atoms with Gasteiger partial charge < -0.3 is 44.8 Å². The molecule has 0 radical (unpaired) electrons. The summed E-state index contributed by atoms with van der Waals surface area (Å²) in [5.41, 5.74) is -2.63. The van der Waals surface area contributed by atoms with Crippen molar-refractivity contribution in [2.45, 2.75) is 168 Å². The summed E-state index contributed by atoms with van der Waals surface area (Å²) in [5.74, 6) is -0.323. The van der Waals surface area contributed by atoms with Crippen LogP contribution in [0.15, 0.2) is 0 Å². The van der Waals surface area contributed by atoms with Gasteiger partial charge in [0.1, 0.15) is 31.0 Å². The maximum absolute atomic E-state index is 13.7. The molecule has 0 aromatic carbocycles. The second-order valence-electron chi connectivity index (χ2n) is 18.5. The standard InChI is InChI=1S/C38H62O11/c1-20(8-11-26(40)34(5,6)46)22-12-15-38(32(44)45)25-10-9-24-33(3,4)27(13-14-36(24)19-37(25,36)17-16-35(22,38)7)49-31-30(43)29(42)28(41)23(48-31)18-47-21(2)39/h20,22-31,40-43,46H,8-19H2,1-7H3,(H,44,45)/t20-,22-,23-,24?,25-,26-,27-,28-,29+,30-,31+,35-,36?,37?,38+/m1/s1. The highest BCUT2D eigenvalue weighted by Crippen LogP contribution is 2.89. The first-order chi connectivity index (χ1) is 22.7. The summed E-state index contributed by atoms with van der Waals surface area (Å²) in [4.78, 5) is 25.1. The number of carbonyl (C=O) groups is 2. The molecule has 49 heavy (non-hydrogen) atoms. The largest absolute Gasteiger partial charge is 0.481 e. The molecule has 280 valence electrons. The summed E-state index contributed by atoms with van der Waals surface area (Å²) in [6.07, 6.45) is 1.28. The van der Waals surface area contributed by atoms with E-state index in [1.165, 1.54) is 6.92 Å². The van der Waals surface area contributed by atoms with Crippen LogP contribution in [0.4, 0.5) is 0 Å². The Morgan fingerprint density at radius 3 is 2.18 bits per heavy atom. The number of aliphatic hydroxyl groups is 5. The minimum absolute atomic E-state index is 0.0262. The number of esters is 1. The number of aliphatic hydroxyl groups excluding tert-OH is 4. The molecule has 2 spiro atoms. The van der Waals surface area contributed by atoms with Gasteiger partial charge in [-0.2, -0.15) is 0 Å². The molecule has 15 atom stereocenters. The van der Waals surface area contributed by atoms with Crippen LogP contribution in [0.2, 0.25) is 0 Å². The van der Waals surface area contributed by atoms with Crippen molar-refractivity contribution >= 4 is 11.9 Å². The summed E-state index contributed by atoms with van der Waals surface area (Å²) in [6, 6.07) is 0. The summed E-state index contributed by atoms with van der Waals surface area (Å²) in [6.45, 7) is 13.1. The molecule has 11 nitrogen and oxygen atoms in total. The second kappa shape index (κ2) is 12.4. The molecule has 6 N–H and O–H groups in total. The topological polar surface area (TPSA) is 183 Å². The SMILES string of the molecule is CC(=O)OC[C@H]1O[C@@H](O[C@@H]2CCC34CC35CC[C@]3(C)[C@@H]([C@H](C)CC[C@@H](O)C(C)(C)O)CC[C@@]3(C(=O)O)[C@@H]5CCC4C2(C)C)[C@H](O)[C@@H](O)[C@@H]1O. The minimum Gasteiger partial charge on any atom is -0.481 e. The molecular weight excluding hydrogens is 632 g/mol. The van der Waals surface area contributed by atoms with Crippen molar-refractivity contribution in [1.29, 1.82) is 0 Å². The molecule has 1 heterocycles. The lowest BCUT2D eigenvalue weighted by Crippen LogP contribution is -2.63. The average Bonchev–Trinajstić information content (AvgIpc) is 3.57. The van der Waals surface area contributed by atoms with Crippen LogP contribution >= 0.6 is 0 Å². The molecule has 6 rings (SSSR count). The Kier molecular flexibility index (Phi) is 9.45. The number of hydrogen-bond donors (Lipinski definition) is 6. The maximum Gasteiger partial charge on any atom is 0.310 e. The van der Waals surface area contributed by atoms with E-state index >= 15 is 0 Å². The van der Waals surface area contributed by atoms with Gasteiger partial charge in [-0.15, -0.1) is 0 Å². The van der Waals surface area contributed by atoms with Gasteiger partial charge in [-0.05, 0) is 130 Å². The molecule has 11 heteroatoms. The Morgan fingerprint density at radius 1 is 0.898 bits per heavy atom. The monoisotopic (exact) mass is 694 g/mol.